The number of piperidine rings is 1. The zero-order valence-corrected chi connectivity index (χ0v) is 23.9. The van der Waals surface area contributed by atoms with Crippen LogP contribution in [0.15, 0.2) is 30.5 Å². The van der Waals surface area contributed by atoms with Crippen molar-refractivity contribution in [2.45, 2.75) is 58.4 Å². The van der Waals surface area contributed by atoms with E-state index in [2.05, 4.69) is 15.3 Å². The van der Waals surface area contributed by atoms with Gasteiger partial charge in [-0.05, 0) is 71.0 Å². The number of aromatic nitrogens is 3. The highest BCUT2D eigenvalue weighted by molar-refractivity contribution is 5.89. The van der Waals surface area contributed by atoms with Gasteiger partial charge in [-0.2, -0.15) is 13.2 Å². The molecule has 1 amide bonds. The second-order valence-corrected chi connectivity index (χ2v) is 10.7. The van der Waals surface area contributed by atoms with Gasteiger partial charge in [-0.1, -0.05) is 12.1 Å². The van der Waals surface area contributed by atoms with Crippen LogP contribution in [0.5, 0.6) is 0 Å². The minimum Gasteiger partial charge on any atom is -0.367 e. The van der Waals surface area contributed by atoms with Gasteiger partial charge in [0.1, 0.15) is 17.2 Å². The number of fused-ring (bicyclic) bond motifs is 1. The smallest absolute Gasteiger partial charge is 0.367 e. The summed E-state index contributed by atoms with van der Waals surface area (Å²) in [5, 5.41) is 4.04. The van der Waals surface area contributed by atoms with Gasteiger partial charge < -0.3 is 19.9 Å². The zero-order valence-electron chi connectivity index (χ0n) is 23.9. The second-order valence-electron chi connectivity index (χ2n) is 10.7. The van der Waals surface area contributed by atoms with E-state index in [9.17, 15) is 18.0 Å². The molecule has 1 N–H and O–H groups in total. The van der Waals surface area contributed by atoms with Gasteiger partial charge in [-0.25, -0.2) is 9.97 Å². The summed E-state index contributed by atoms with van der Waals surface area (Å²) in [6, 6.07) is 5.68. The van der Waals surface area contributed by atoms with Crippen LogP contribution in [0.25, 0.3) is 10.9 Å². The fraction of sp³-hybridized carbons (Fsp3) is 0.517. The predicted molar refractivity (Wildman–Crippen MR) is 148 cm³/mol. The summed E-state index contributed by atoms with van der Waals surface area (Å²) in [6.45, 7) is 8.97. The van der Waals surface area contributed by atoms with Crippen molar-refractivity contribution < 1.29 is 22.7 Å². The third-order valence-electron chi connectivity index (χ3n) is 7.59. The fourth-order valence-corrected chi connectivity index (χ4v) is 5.30. The summed E-state index contributed by atoms with van der Waals surface area (Å²) in [6.07, 6.45) is -1.56. The molecular formula is C29H37F3N6O2. The number of pyridine rings is 1. The Morgan fingerprint density at radius 2 is 1.90 bits per heavy atom. The van der Waals surface area contributed by atoms with Crippen LogP contribution in [0, 0.1) is 13.8 Å². The van der Waals surface area contributed by atoms with E-state index in [0.717, 1.165) is 18.3 Å². The van der Waals surface area contributed by atoms with Crippen molar-refractivity contribution in [3.05, 3.63) is 58.7 Å². The molecule has 11 heteroatoms. The number of amides is 1. The molecule has 0 aliphatic carbocycles. The van der Waals surface area contributed by atoms with Crippen molar-refractivity contribution in [3.63, 3.8) is 0 Å². The minimum atomic E-state index is -4.43. The van der Waals surface area contributed by atoms with Crippen molar-refractivity contribution in [2.75, 3.05) is 45.7 Å². The van der Waals surface area contributed by atoms with E-state index in [-0.39, 0.29) is 11.5 Å². The lowest BCUT2D eigenvalue weighted by Crippen LogP contribution is -2.46. The van der Waals surface area contributed by atoms with Gasteiger partial charge in [0.05, 0.1) is 35.6 Å². The van der Waals surface area contributed by atoms with Crippen LogP contribution in [-0.4, -0.2) is 71.0 Å². The second kappa shape index (κ2) is 11.7. The average molecular weight is 559 g/mol. The minimum absolute atomic E-state index is 0.0302. The van der Waals surface area contributed by atoms with Gasteiger partial charge >= 0.3 is 6.18 Å². The lowest BCUT2D eigenvalue weighted by Gasteiger charge is -2.41. The number of anilines is 1. The number of nitrogens with zero attached hydrogens (tertiary/aromatic N) is 5. The van der Waals surface area contributed by atoms with Crippen LogP contribution in [0.3, 0.4) is 0 Å². The molecule has 3 heterocycles. The molecule has 1 aliphatic heterocycles. The molecule has 216 valence electrons. The van der Waals surface area contributed by atoms with Gasteiger partial charge in [-0.15, -0.1) is 0 Å². The molecule has 1 saturated heterocycles. The predicted octanol–water partition coefficient (Wildman–Crippen LogP) is 5.25. The summed E-state index contributed by atoms with van der Waals surface area (Å²) in [7, 11) is 3.96. The highest BCUT2D eigenvalue weighted by Crippen LogP contribution is 2.39. The normalized spacial score (nSPS) is 16.4. The average Bonchev–Trinajstić information content (AvgIpc) is 2.87. The Morgan fingerprint density at radius 1 is 1.20 bits per heavy atom. The van der Waals surface area contributed by atoms with Gasteiger partial charge in [0.15, 0.2) is 0 Å². The quantitative estimate of drug-likeness (QED) is 0.404. The van der Waals surface area contributed by atoms with E-state index < -0.39 is 23.4 Å². The lowest BCUT2D eigenvalue weighted by molar-refractivity contribution is -0.139. The first-order valence-electron chi connectivity index (χ1n) is 13.4. The number of benzene rings is 1. The largest absolute Gasteiger partial charge is 0.416 e. The van der Waals surface area contributed by atoms with Gasteiger partial charge in [0.2, 0.25) is 5.91 Å². The maximum atomic E-state index is 13.6. The summed E-state index contributed by atoms with van der Waals surface area (Å²) < 4.78 is 47.2. The number of likely N-dealkylation sites (tertiary alicyclic amines) is 1. The monoisotopic (exact) mass is 558 g/mol. The lowest BCUT2D eigenvalue weighted by atomic mass is 9.86. The van der Waals surface area contributed by atoms with Crippen LogP contribution in [0.4, 0.5) is 19.0 Å². The standard InChI is InChI=1S/C29H37F3N6O2/c1-18-22(8-7-9-24(18)29(30,31)32)19(2)34-27-23-16-26(33-17-25(23)35-20(3)36-27)28(40-15-14-37(5)6)10-12-38(13-11-28)21(4)39/h7-9,16-17,19H,10-15H2,1-6H3,(H,34,35,36)/t19-/m1/s1. The number of rotatable bonds is 8. The SMILES string of the molecule is CC(=O)N1CCC(OCCN(C)C)(c2cc3c(N[C@H](C)c4cccc(C(F)(F)F)c4C)nc(C)nc3cn2)CC1. The first-order chi connectivity index (χ1) is 18.8. The Bertz CT molecular complexity index is 1370. The van der Waals surface area contributed by atoms with Crippen molar-refractivity contribution in [1.29, 1.82) is 0 Å². The highest BCUT2D eigenvalue weighted by Gasteiger charge is 2.40. The molecule has 1 aliphatic rings. The Balaban J connectivity index is 1.72. The molecule has 0 saturated carbocycles. The van der Waals surface area contributed by atoms with E-state index in [0.29, 0.717) is 60.6 Å². The number of alkyl halides is 3. The van der Waals surface area contributed by atoms with Crippen LogP contribution in [0.2, 0.25) is 0 Å². The molecule has 4 rings (SSSR count). The number of aryl methyl sites for hydroxylation is 1. The molecule has 8 nitrogen and oxygen atoms in total. The number of hydrogen-bond acceptors (Lipinski definition) is 7. The Labute approximate surface area is 233 Å². The first kappa shape index (κ1) is 29.7. The third-order valence-corrected chi connectivity index (χ3v) is 7.59. The molecule has 0 spiro atoms. The number of ether oxygens (including phenoxy) is 1. The molecule has 0 bridgehead atoms. The highest BCUT2D eigenvalue weighted by atomic mass is 19.4. The molecule has 3 aromatic rings. The van der Waals surface area contributed by atoms with Gasteiger partial charge in [0.25, 0.3) is 0 Å². The van der Waals surface area contributed by atoms with E-state index in [4.69, 9.17) is 9.72 Å². The number of nitrogens with one attached hydrogen (secondary N) is 1. The van der Waals surface area contributed by atoms with Gasteiger partial charge in [-0.3, -0.25) is 9.78 Å². The number of likely N-dealkylation sites (N-methyl/N-ethyl adjacent to an activating group) is 1. The van der Waals surface area contributed by atoms with Crippen LogP contribution in [-0.2, 0) is 21.3 Å². The van der Waals surface area contributed by atoms with Crippen LogP contribution >= 0.6 is 0 Å². The molecule has 1 aromatic carbocycles. The third kappa shape index (κ3) is 6.36. The van der Waals surface area contributed by atoms with E-state index in [1.54, 1.807) is 26.1 Å². The zero-order chi connectivity index (χ0) is 29.2. The number of carbonyl (C=O) groups excluding carboxylic acids is 1. The van der Waals surface area contributed by atoms with Crippen molar-refractivity contribution in [3.8, 4) is 0 Å². The maximum absolute atomic E-state index is 13.6. The molecule has 40 heavy (non-hydrogen) atoms. The summed E-state index contributed by atoms with van der Waals surface area (Å²) >= 11 is 0. The Morgan fingerprint density at radius 3 is 2.52 bits per heavy atom. The molecule has 0 radical (unpaired) electrons. The molecule has 0 unspecified atom stereocenters. The molecule has 2 aromatic heterocycles. The van der Waals surface area contributed by atoms with Crippen molar-refractivity contribution in [2.24, 2.45) is 0 Å². The summed E-state index contributed by atoms with van der Waals surface area (Å²) in [4.78, 5) is 29.8. The molecule has 1 atom stereocenters. The summed E-state index contributed by atoms with van der Waals surface area (Å²) in [5.41, 5.74) is 0.715. The van der Waals surface area contributed by atoms with E-state index >= 15 is 0 Å². The molecule has 1 fully saturated rings. The topological polar surface area (TPSA) is 83.5 Å². The van der Waals surface area contributed by atoms with Crippen molar-refractivity contribution >= 4 is 22.6 Å². The van der Waals surface area contributed by atoms with E-state index in [1.807, 2.05) is 36.9 Å². The van der Waals surface area contributed by atoms with Crippen molar-refractivity contribution in [1.82, 2.24) is 24.8 Å². The van der Waals surface area contributed by atoms with E-state index in [1.165, 1.54) is 13.0 Å². The number of hydrogen-bond donors (Lipinski definition) is 1. The summed E-state index contributed by atoms with van der Waals surface area (Å²) in [5.74, 6) is 1.06. The maximum Gasteiger partial charge on any atom is 0.416 e. The molecular weight excluding hydrogens is 521 g/mol. The first-order valence-corrected chi connectivity index (χ1v) is 13.4. The Hall–Kier alpha value is -3.31. The fourth-order valence-electron chi connectivity index (χ4n) is 5.30. The number of halogens is 3. The van der Waals surface area contributed by atoms with Crippen LogP contribution < -0.4 is 5.32 Å². The van der Waals surface area contributed by atoms with Gasteiger partial charge in [0, 0.05) is 31.9 Å². The van der Waals surface area contributed by atoms with Crippen LogP contribution in [0.1, 0.15) is 60.9 Å². The Kier molecular flexibility index (Phi) is 8.65. The number of carbonyl (C=O) groups is 1.